The predicted molar refractivity (Wildman–Crippen MR) is 105 cm³/mol. The van der Waals surface area contributed by atoms with Crippen LogP contribution in [0.15, 0.2) is 23.2 Å². The van der Waals surface area contributed by atoms with Crippen LogP contribution in [0.25, 0.3) is 0 Å². The fourth-order valence-corrected chi connectivity index (χ4v) is 3.99. The van der Waals surface area contributed by atoms with E-state index in [-0.39, 0.29) is 23.2 Å². The number of carbonyl (C=O) groups is 1. The van der Waals surface area contributed by atoms with Crippen LogP contribution in [0.5, 0.6) is 11.6 Å². The molecule has 0 radical (unpaired) electrons. The third kappa shape index (κ3) is 3.78. The molecule has 0 atom stereocenters. The van der Waals surface area contributed by atoms with Gasteiger partial charge in [-0.15, -0.1) is 0 Å². The normalized spacial score (nSPS) is 18.5. The van der Waals surface area contributed by atoms with Crippen molar-refractivity contribution in [2.24, 2.45) is 5.41 Å². The van der Waals surface area contributed by atoms with Gasteiger partial charge in [0, 0.05) is 18.5 Å². The third-order valence-corrected chi connectivity index (χ3v) is 5.33. The van der Waals surface area contributed by atoms with Crippen LogP contribution in [0.1, 0.15) is 39.7 Å². The number of rotatable bonds is 3. The first kappa shape index (κ1) is 19.0. The van der Waals surface area contributed by atoms with Crippen LogP contribution in [0.4, 0.5) is 10.6 Å². The minimum Gasteiger partial charge on any atom is -0.444 e. The first-order chi connectivity index (χ1) is 13.1. The third-order valence-electron chi connectivity index (χ3n) is 4.95. The van der Waals surface area contributed by atoms with Crippen LogP contribution in [0, 0.1) is 5.41 Å². The summed E-state index contributed by atoms with van der Waals surface area (Å²) in [5.74, 6) is 1.02. The first-order valence-electron chi connectivity index (χ1n) is 9.10. The van der Waals surface area contributed by atoms with Gasteiger partial charge in [0.2, 0.25) is 0 Å². The number of anilines is 1. The fourth-order valence-electron chi connectivity index (χ4n) is 3.73. The second kappa shape index (κ2) is 6.61. The van der Waals surface area contributed by atoms with Crippen molar-refractivity contribution in [1.82, 2.24) is 24.6 Å². The number of nitrogen functional groups attached to an aromatic ring is 1. The van der Waals surface area contributed by atoms with Crippen LogP contribution in [0.2, 0.25) is 0 Å². The highest BCUT2D eigenvalue weighted by Gasteiger charge is 2.55. The molecule has 150 valence electrons. The Hall–Kier alpha value is -2.36. The summed E-state index contributed by atoms with van der Waals surface area (Å²) < 4.78 is 13.6. The summed E-state index contributed by atoms with van der Waals surface area (Å²) in [7, 11) is 0. The lowest BCUT2D eigenvalue weighted by Gasteiger charge is -2.58. The molecule has 2 fully saturated rings. The molecule has 1 saturated heterocycles. The van der Waals surface area contributed by atoms with Crippen LogP contribution >= 0.6 is 15.9 Å². The summed E-state index contributed by atoms with van der Waals surface area (Å²) in [6.45, 7) is 7.13. The van der Waals surface area contributed by atoms with Gasteiger partial charge in [-0.3, -0.25) is 4.68 Å². The van der Waals surface area contributed by atoms with E-state index in [1.165, 1.54) is 6.20 Å². The summed E-state index contributed by atoms with van der Waals surface area (Å²) in [4.78, 5) is 22.0. The first-order valence-corrected chi connectivity index (χ1v) is 9.90. The van der Waals surface area contributed by atoms with Gasteiger partial charge in [0.05, 0.1) is 24.6 Å². The Kier molecular flexibility index (Phi) is 4.48. The van der Waals surface area contributed by atoms with E-state index in [1.54, 1.807) is 11.1 Å². The minimum absolute atomic E-state index is 0.189. The topological polar surface area (TPSA) is 108 Å². The Morgan fingerprint density at radius 2 is 2.04 bits per heavy atom. The number of hydrogen-bond acceptors (Lipinski definition) is 7. The van der Waals surface area contributed by atoms with Crippen molar-refractivity contribution in [2.75, 3.05) is 18.8 Å². The van der Waals surface area contributed by atoms with E-state index in [1.807, 2.05) is 31.6 Å². The Morgan fingerprint density at radius 3 is 2.71 bits per heavy atom. The zero-order chi connectivity index (χ0) is 20.1. The summed E-state index contributed by atoms with van der Waals surface area (Å²) in [5, 5.41) is 4.40. The van der Waals surface area contributed by atoms with Crippen molar-refractivity contribution in [3.63, 3.8) is 0 Å². The number of nitrogens with two attached hydrogens (primary N) is 1. The summed E-state index contributed by atoms with van der Waals surface area (Å²) in [6.07, 6.45) is 6.71. The van der Waals surface area contributed by atoms with Crippen molar-refractivity contribution < 1.29 is 14.3 Å². The SMILES string of the molecule is CC(C)(C)OC(=O)N1CC2(CC(n3cc(Oc4nc(Br)cnc4N)cn3)C2)C1. The molecule has 2 aromatic rings. The largest absolute Gasteiger partial charge is 0.444 e. The van der Waals surface area contributed by atoms with Crippen LogP contribution < -0.4 is 10.5 Å². The minimum atomic E-state index is -0.463. The smallest absolute Gasteiger partial charge is 0.410 e. The number of likely N-dealkylation sites (tertiary alicyclic amines) is 1. The fraction of sp³-hybridized carbons (Fsp3) is 0.556. The van der Waals surface area contributed by atoms with E-state index in [4.69, 9.17) is 15.2 Å². The molecule has 2 aliphatic rings. The highest BCUT2D eigenvalue weighted by molar-refractivity contribution is 9.10. The number of ether oxygens (including phenoxy) is 2. The van der Waals surface area contributed by atoms with Gasteiger partial charge in [0.15, 0.2) is 11.6 Å². The Bertz CT molecular complexity index is 895. The Morgan fingerprint density at radius 1 is 1.32 bits per heavy atom. The lowest BCUT2D eigenvalue weighted by atomic mass is 9.61. The van der Waals surface area contributed by atoms with E-state index < -0.39 is 5.60 Å². The van der Waals surface area contributed by atoms with Gasteiger partial charge in [0.25, 0.3) is 5.88 Å². The Balaban J connectivity index is 1.31. The van der Waals surface area contributed by atoms with Gasteiger partial charge < -0.3 is 20.1 Å². The van der Waals surface area contributed by atoms with Crippen molar-refractivity contribution in [2.45, 2.75) is 45.3 Å². The molecule has 0 unspecified atom stereocenters. The molecule has 28 heavy (non-hydrogen) atoms. The van der Waals surface area contributed by atoms with Crippen molar-refractivity contribution in [1.29, 1.82) is 0 Å². The summed E-state index contributed by atoms with van der Waals surface area (Å²) >= 11 is 3.25. The number of carbonyl (C=O) groups excluding carboxylic acids is 1. The zero-order valence-electron chi connectivity index (χ0n) is 16.1. The number of amides is 1. The zero-order valence-corrected chi connectivity index (χ0v) is 17.6. The molecule has 1 spiro atoms. The second-order valence-corrected chi connectivity index (χ2v) is 9.35. The van der Waals surface area contributed by atoms with E-state index in [0.717, 1.165) is 25.9 Å². The highest BCUT2D eigenvalue weighted by Crippen LogP contribution is 2.54. The van der Waals surface area contributed by atoms with Crippen molar-refractivity contribution >= 4 is 27.8 Å². The maximum Gasteiger partial charge on any atom is 0.410 e. The van der Waals surface area contributed by atoms with Gasteiger partial charge in [-0.2, -0.15) is 5.10 Å². The van der Waals surface area contributed by atoms with Crippen molar-refractivity contribution in [3.05, 3.63) is 23.2 Å². The molecule has 10 heteroatoms. The number of halogens is 1. The van der Waals surface area contributed by atoms with E-state index in [0.29, 0.717) is 16.4 Å². The van der Waals surface area contributed by atoms with E-state index in [9.17, 15) is 4.79 Å². The molecule has 3 heterocycles. The van der Waals surface area contributed by atoms with Gasteiger partial charge in [-0.25, -0.2) is 14.8 Å². The molecular formula is C18H23BrN6O3. The quantitative estimate of drug-likeness (QED) is 0.762. The molecule has 1 aliphatic carbocycles. The lowest BCUT2D eigenvalue weighted by Crippen LogP contribution is -2.64. The molecule has 0 aromatic carbocycles. The molecule has 0 bridgehead atoms. The number of aromatic nitrogens is 4. The average Bonchev–Trinajstić information content (AvgIpc) is 2.94. The average molecular weight is 451 g/mol. The summed E-state index contributed by atoms with van der Waals surface area (Å²) in [5.41, 5.74) is 5.52. The van der Waals surface area contributed by atoms with Crippen molar-refractivity contribution in [3.8, 4) is 11.6 Å². The second-order valence-electron chi connectivity index (χ2n) is 8.54. The molecule has 1 amide bonds. The highest BCUT2D eigenvalue weighted by atomic mass is 79.9. The molecule has 2 aromatic heterocycles. The standard InChI is InChI=1S/C18H23BrN6O3/c1-17(2,3)28-16(26)24-9-18(10-24)4-11(5-18)25-8-12(6-22-25)27-15-14(20)21-7-13(19)23-15/h6-8,11H,4-5,9-10H2,1-3H3,(H2,20,21). The maximum absolute atomic E-state index is 12.1. The molecular weight excluding hydrogens is 428 g/mol. The predicted octanol–water partition coefficient (Wildman–Crippen LogP) is 3.38. The molecule has 1 saturated carbocycles. The van der Waals surface area contributed by atoms with Gasteiger partial charge in [-0.05, 0) is 49.5 Å². The Labute approximate surface area is 171 Å². The molecule has 2 N–H and O–H groups in total. The van der Waals surface area contributed by atoms with Gasteiger partial charge in [0.1, 0.15) is 10.2 Å². The number of nitrogens with zero attached hydrogens (tertiary/aromatic N) is 5. The van der Waals surface area contributed by atoms with Crippen LogP contribution in [-0.2, 0) is 4.74 Å². The van der Waals surface area contributed by atoms with E-state index in [2.05, 4.69) is 31.0 Å². The molecule has 9 nitrogen and oxygen atoms in total. The maximum atomic E-state index is 12.1. The van der Waals surface area contributed by atoms with Crippen LogP contribution in [0.3, 0.4) is 0 Å². The monoisotopic (exact) mass is 450 g/mol. The lowest BCUT2D eigenvalue weighted by molar-refractivity contribution is -0.0927. The molecule has 4 rings (SSSR count). The van der Waals surface area contributed by atoms with Gasteiger partial charge in [-0.1, -0.05) is 0 Å². The summed E-state index contributed by atoms with van der Waals surface area (Å²) in [6, 6.07) is 0.295. The van der Waals surface area contributed by atoms with E-state index >= 15 is 0 Å². The molecule has 1 aliphatic heterocycles. The number of hydrogen-bond donors (Lipinski definition) is 1. The van der Waals surface area contributed by atoms with Gasteiger partial charge >= 0.3 is 6.09 Å². The van der Waals surface area contributed by atoms with Crippen LogP contribution in [-0.4, -0.2) is 49.4 Å².